The van der Waals surface area contributed by atoms with Crippen molar-refractivity contribution < 1.29 is 23.1 Å². The highest BCUT2D eigenvalue weighted by atomic mass is 32.2. The summed E-state index contributed by atoms with van der Waals surface area (Å²) in [6.07, 6.45) is 0. The van der Waals surface area contributed by atoms with Gasteiger partial charge in [0, 0.05) is 12.2 Å². The van der Waals surface area contributed by atoms with Crippen LogP contribution in [0, 0.1) is 0 Å². The number of sulfone groups is 1. The lowest BCUT2D eigenvalue weighted by Crippen LogP contribution is -2.27. The first-order chi connectivity index (χ1) is 8.84. The SMILES string of the molecule is NCCS(=O)(=O)CC(=O)Nc1ccc(C(=O)O)cc1. The van der Waals surface area contributed by atoms with Crippen molar-refractivity contribution in [2.75, 3.05) is 23.4 Å². The summed E-state index contributed by atoms with van der Waals surface area (Å²) in [5, 5.41) is 11.1. The number of hydrogen-bond acceptors (Lipinski definition) is 5. The van der Waals surface area contributed by atoms with Gasteiger partial charge in [-0.2, -0.15) is 0 Å². The third-order valence-electron chi connectivity index (χ3n) is 2.20. The zero-order chi connectivity index (χ0) is 14.5. The Morgan fingerprint density at radius 3 is 2.26 bits per heavy atom. The molecule has 0 heterocycles. The molecule has 0 unspecified atom stereocenters. The minimum atomic E-state index is -3.50. The van der Waals surface area contributed by atoms with E-state index in [2.05, 4.69) is 5.32 Å². The molecule has 4 N–H and O–H groups in total. The lowest BCUT2D eigenvalue weighted by Gasteiger charge is -2.06. The minimum Gasteiger partial charge on any atom is -0.478 e. The van der Waals surface area contributed by atoms with Gasteiger partial charge in [-0.05, 0) is 24.3 Å². The number of carbonyl (C=O) groups excluding carboxylic acids is 1. The number of carbonyl (C=O) groups is 2. The van der Waals surface area contributed by atoms with Crippen molar-refractivity contribution in [2.45, 2.75) is 0 Å². The molecule has 19 heavy (non-hydrogen) atoms. The Morgan fingerprint density at radius 2 is 1.79 bits per heavy atom. The molecule has 1 aromatic rings. The molecule has 0 aliphatic carbocycles. The molecule has 0 aromatic heterocycles. The Bertz CT molecular complexity index is 565. The van der Waals surface area contributed by atoms with Crippen molar-refractivity contribution in [2.24, 2.45) is 5.73 Å². The third-order valence-corrected chi connectivity index (χ3v) is 3.76. The van der Waals surface area contributed by atoms with Crippen molar-refractivity contribution in [3.63, 3.8) is 0 Å². The molecule has 0 aliphatic heterocycles. The fraction of sp³-hybridized carbons (Fsp3) is 0.273. The quantitative estimate of drug-likeness (QED) is 0.658. The van der Waals surface area contributed by atoms with Crippen LogP contribution in [0.2, 0.25) is 0 Å². The molecule has 0 bridgehead atoms. The van der Waals surface area contributed by atoms with Crippen molar-refractivity contribution in [1.82, 2.24) is 0 Å². The Balaban J connectivity index is 2.65. The van der Waals surface area contributed by atoms with E-state index < -0.39 is 27.5 Å². The van der Waals surface area contributed by atoms with Crippen LogP contribution in [0.5, 0.6) is 0 Å². The Labute approximate surface area is 110 Å². The highest BCUT2D eigenvalue weighted by Crippen LogP contribution is 2.09. The number of aromatic carboxylic acids is 1. The number of benzene rings is 1. The molecule has 1 aromatic carbocycles. The van der Waals surface area contributed by atoms with E-state index in [0.29, 0.717) is 5.69 Å². The van der Waals surface area contributed by atoms with Gasteiger partial charge in [0.25, 0.3) is 0 Å². The second-order valence-corrected chi connectivity index (χ2v) is 6.00. The number of anilines is 1. The van der Waals surface area contributed by atoms with Gasteiger partial charge in [-0.15, -0.1) is 0 Å². The summed E-state index contributed by atoms with van der Waals surface area (Å²) < 4.78 is 22.7. The van der Waals surface area contributed by atoms with Crippen LogP contribution in [-0.2, 0) is 14.6 Å². The van der Waals surface area contributed by atoms with Gasteiger partial charge < -0.3 is 16.2 Å². The second-order valence-electron chi connectivity index (χ2n) is 3.81. The zero-order valence-electron chi connectivity index (χ0n) is 10.00. The number of hydrogen-bond donors (Lipinski definition) is 3. The second kappa shape index (κ2) is 6.30. The molecule has 0 saturated heterocycles. The summed E-state index contributed by atoms with van der Waals surface area (Å²) in [4.78, 5) is 22.1. The smallest absolute Gasteiger partial charge is 0.335 e. The van der Waals surface area contributed by atoms with E-state index in [1.165, 1.54) is 24.3 Å². The lowest BCUT2D eigenvalue weighted by molar-refractivity contribution is -0.113. The van der Waals surface area contributed by atoms with Crippen LogP contribution in [0.1, 0.15) is 10.4 Å². The maximum atomic E-state index is 11.5. The molecule has 0 aliphatic rings. The molecule has 0 radical (unpaired) electrons. The summed E-state index contributed by atoms with van der Waals surface area (Å²) in [5.41, 5.74) is 5.53. The van der Waals surface area contributed by atoms with Crippen LogP contribution in [0.15, 0.2) is 24.3 Å². The van der Waals surface area contributed by atoms with E-state index >= 15 is 0 Å². The van der Waals surface area contributed by atoms with Crippen LogP contribution in [0.4, 0.5) is 5.69 Å². The lowest BCUT2D eigenvalue weighted by atomic mass is 10.2. The van der Waals surface area contributed by atoms with Gasteiger partial charge in [0.05, 0.1) is 11.3 Å². The molecule has 0 fully saturated rings. The molecule has 7 nitrogen and oxygen atoms in total. The largest absolute Gasteiger partial charge is 0.478 e. The van der Waals surface area contributed by atoms with Gasteiger partial charge in [-0.3, -0.25) is 4.79 Å². The van der Waals surface area contributed by atoms with Crippen LogP contribution in [0.3, 0.4) is 0 Å². The predicted molar refractivity (Wildman–Crippen MR) is 69.7 cm³/mol. The molecule has 0 spiro atoms. The Hall–Kier alpha value is -1.93. The maximum Gasteiger partial charge on any atom is 0.335 e. The predicted octanol–water partition coefficient (Wildman–Crippen LogP) is -0.303. The monoisotopic (exact) mass is 286 g/mol. The highest BCUT2D eigenvalue weighted by Gasteiger charge is 2.15. The van der Waals surface area contributed by atoms with Gasteiger partial charge in [-0.25, -0.2) is 13.2 Å². The Morgan fingerprint density at radius 1 is 1.21 bits per heavy atom. The van der Waals surface area contributed by atoms with E-state index in [1.807, 2.05) is 0 Å². The minimum absolute atomic E-state index is 0.0388. The summed E-state index contributed by atoms with van der Waals surface area (Å²) in [5.74, 6) is -2.66. The fourth-order valence-electron chi connectivity index (χ4n) is 1.34. The number of carboxylic acid groups (broad SMARTS) is 1. The van der Waals surface area contributed by atoms with Crippen molar-refractivity contribution in [1.29, 1.82) is 0 Å². The molecule has 0 saturated carbocycles. The molecular formula is C11H14N2O5S. The molecule has 1 rings (SSSR count). The van der Waals surface area contributed by atoms with Gasteiger partial charge >= 0.3 is 5.97 Å². The number of nitrogens with two attached hydrogens (primary N) is 1. The van der Waals surface area contributed by atoms with Gasteiger partial charge in [0.2, 0.25) is 5.91 Å². The fourth-order valence-corrected chi connectivity index (χ4v) is 2.32. The van der Waals surface area contributed by atoms with Crippen molar-refractivity contribution >= 4 is 27.4 Å². The van der Waals surface area contributed by atoms with Crippen LogP contribution in [-0.4, -0.2) is 43.5 Å². The van der Waals surface area contributed by atoms with E-state index in [9.17, 15) is 18.0 Å². The first-order valence-corrected chi connectivity index (χ1v) is 7.20. The van der Waals surface area contributed by atoms with Gasteiger partial charge in [0.15, 0.2) is 9.84 Å². The van der Waals surface area contributed by atoms with Gasteiger partial charge in [0.1, 0.15) is 5.75 Å². The van der Waals surface area contributed by atoms with E-state index in [1.54, 1.807) is 0 Å². The summed E-state index contributed by atoms with van der Waals surface area (Å²) >= 11 is 0. The molecule has 104 valence electrons. The third kappa shape index (κ3) is 5.06. The number of carboxylic acids is 1. The first kappa shape index (κ1) is 15.1. The zero-order valence-corrected chi connectivity index (χ0v) is 10.8. The standard InChI is InChI=1S/C11H14N2O5S/c12-5-6-19(17,18)7-10(14)13-9-3-1-8(2-4-9)11(15)16/h1-4H,5-7,12H2,(H,13,14)(H,15,16). The van der Waals surface area contributed by atoms with Crippen LogP contribution >= 0.6 is 0 Å². The number of rotatable bonds is 6. The molecule has 8 heteroatoms. The van der Waals surface area contributed by atoms with Crippen molar-refractivity contribution in [3.05, 3.63) is 29.8 Å². The van der Waals surface area contributed by atoms with E-state index in [0.717, 1.165) is 0 Å². The normalized spacial score (nSPS) is 11.0. The Kier molecular flexibility index (Phi) is 5.02. The summed E-state index contributed by atoms with van der Waals surface area (Å²) in [6, 6.07) is 5.40. The van der Waals surface area contributed by atoms with E-state index in [-0.39, 0.29) is 17.9 Å². The van der Waals surface area contributed by atoms with E-state index in [4.69, 9.17) is 10.8 Å². The molecule has 1 amide bonds. The topological polar surface area (TPSA) is 127 Å². The highest BCUT2D eigenvalue weighted by molar-refractivity contribution is 7.92. The maximum absolute atomic E-state index is 11.5. The average molecular weight is 286 g/mol. The molecule has 0 atom stereocenters. The summed E-state index contributed by atoms with van der Waals surface area (Å²) in [6.45, 7) is -0.0388. The number of amides is 1. The average Bonchev–Trinajstić information content (AvgIpc) is 2.28. The summed E-state index contributed by atoms with van der Waals surface area (Å²) in [7, 11) is -3.50. The van der Waals surface area contributed by atoms with Gasteiger partial charge in [-0.1, -0.05) is 0 Å². The van der Waals surface area contributed by atoms with Crippen LogP contribution < -0.4 is 11.1 Å². The number of nitrogens with one attached hydrogen (secondary N) is 1. The first-order valence-electron chi connectivity index (χ1n) is 5.38. The van der Waals surface area contributed by atoms with Crippen molar-refractivity contribution in [3.8, 4) is 0 Å². The molecular weight excluding hydrogens is 272 g/mol. The van der Waals surface area contributed by atoms with Crippen LogP contribution in [0.25, 0.3) is 0 Å².